The number of benzene rings is 1. The molecule has 1 aliphatic carbocycles. The minimum atomic E-state index is -3.66. The molecule has 1 aliphatic rings. The summed E-state index contributed by atoms with van der Waals surface area (Å²) in [6, 6.07) is 5.81. The number of rotatable bonds is 6. The van der Waals surface area contributed by atoms with Crippen molar-refractivity contribution in [3.05, 3.63) is 29.8 Å². The summed E-state index contributed by atoms with van der Waals surface area (Å²) in [6.07, 6.45) is 2.01. The van der Waals surface area contributed by atoms with Crippen LogP contribution in [0.2, 0.25) is 0 Å². The maximum absolute atomic E-state index is 12.4. The van der Waals surface area contributed by atoms with Crippen LogP contribution in [0.3, 0.4) is 0 Å². The number of nitrogens with two attached hydrogens (primary N) is 1. The van der Waals surface area contributed by atoms with Crippen molar-refractivity contribution < 1.29 is 13.2 Å². The van der Waals surface area contributed by atoms with Crippen LogP contribution in [-0.4, -0.2) is 45.9 Å². The molecule has 0 saturated heterocycles. The molecule has 7 heteroatoms. The third kappa shape index (κ3) is 3.81. The smallest absolute Gasteiger partial charge is 0.253 e. The third-order valence-electron chi connectivity index (χ3n) is 3.55. The Labute approximate surface area is 125 Å². The molecule has 3 N–H and O–H groups in total. The second kappa shape index (κ2) is 6.13. The molecule has 0 aromatic heterocycles. The zero-order valence-electron chi connectivity index (χ0n) is 12.2. The van der Waals surface area contributed by atoms with Crippen LogP contribution in [0.5, 0.6) is 0 Å². The average molecular weight is 311 g/mol. The fraction of sp³-hybridized carbons (Fsp3) is 0.500. The van der Waals surface area contributed by atoms with Gasteiger partial charge in [0.15, 0.2) is 0 Å². The van der Waals surface area contributed by atoms with Gasteiger partial charge in [0.25, 0.3) is 5.91 Å². The molecule has 2 rings (SSSR count). The fourth-order valence-electron chi connectivity index (χ4n) is 2.16. The first kappa shape index (κ1) is 15.9. The molecule has 0 radical (unpaired) electrons. The molecule has 0 spiro atoms. The summed E-state index contributed by atoms with van der Waals surface area (Å²) >= 11 is 0. The van der Waals surface area contributed by atoms with Crippen molar-refractivity contribution in [2.75, 3.05) is 20.6 Å². The predicted molar refractivity (Wildman–Crippen MR) is 80.3 cm³/mol. The van der Waals surface area contributed by atoms with Crippen molar-refractivity contribution in [2.45, 2.75) is 23.8 Å². The zero-order valence-corrected chi connectivity index (χ0v) is 13.1. The highest BCUT2D eigenvalue weighted by Gasteiger charge is 2.33. The van der Waals surface area contributed by atoms with Crippen LogP contribution in [0.4, 0.5) is 0 Å². The first-order valence-corrected chi connectivity index (χ1v) is 8.37. The van der Waals surface area contributed by atoms with Gasteiger partial charge in [0.2, 0.25) is 10.0 Å². The van der Waals surface area contributed by atoms with E-state index < -0.39 is 10.0 Å². The normalized spacial score (nSPS) is 16.5. The number of carbonyl (C=O) groups excluding carboxylic acids is 1. The second-order valence-electron chi connectivity index (χ2n) is 5.53. The average Bonchev–Trinajstić information content (AvgIpc) is 3.28. The number of nitrogens with zero attached hydrogens (tertiary/aromatic N) is 1. The number of sulfonamides is 1. The van der Waals surface area contributed by atoms with Crippen LogP contribution in [0.1, 0.15) is 23.2 Å². The van der Waals surface area contributed by atoms with Gasteiger partial charge in [0, 0.05) is 32.2 Å². The standard InChI is InChI=1S/C14H21N3O3S/c1-17(2)14(18)11-4-3-5-12(8-11)21(19,20)16-13(9-15)10-6-7-10/h3-5,8,10,13,16H,6-7,9,15H2,1-2H3. The summed E-state index contributed by atoms with van der Waals surface area (Å²) in [7, 11) is -0.410. The van der Waals surface area contributed by atoms with Gasteiger partial charge in [-0.2, -0.15) is 0 Å². The van der Waals surface area contributed by atoms with Crippen molar-refractivity contribution in [3.63, 3.8) is 0 Å². The Balaban J connectivity index is 2.23. The monoisotopic (exact) mass is 311 g/mol. The molecule has 6 nitrogen and oxygen atoms in total. The molecule has 1 aromatic rings. The Hall–Kier alpha value is -1.44. The molecule has 1 fully saturated rings. The van der Waals surface area contributed by atoms with Gasteiger partial charge in [-0.05, 0) is 37.0 Å². The maximum Gasteiger partial charge on any atom is 0.253 e. The molecule has 21 heavy (non-hydrogen) atoms. The Morgan fingerprint density at radius 1 is 1.43 bits per heavy atom. The quantitative estimate of drug-likeness (QED) is 0.795. The second-order valence-corrected chi connectivity index (χ2v) is 7.24. The topological polar surface area (TPSA) is 92.5 Å². The molecular formula is C14H21N3O3S. The van der Waals surface area contributed by atoms with Crippen molar-refractivity contribution in [3.8, 4) is 0 Å². The number of hydrogen-bond donors (Lipinski definition) is 2. The van der Waals surface area contributed by atoms with Crippen LogP contribution in [0.25, 0.3) is 0 Å². The van der Waals surface area contributed by atoms with Crippen LogP contribution in [0.15, 0.2) is 29.2 Å². The van der Waals surface area contributed by atoms with E-state index >= 15 is 0 Å². The van der Waals surface area contributed by atoms with Gasteiger partial charge in [0.05, 0.1) is 4.90 Å². The SMILES string of the molecule is CN(C)C(=O)c1cccc(S(=O)(=O)NC(CN)C2CC2)c1. The van der Waals surface area contributed by atoms with E-state index in [9.17, 15) is 13.2 Å². The molecule has 1 atom stereocenters. The number of hydrogen-bond acceptors (Lipinski definition) is 4. The van der Waals surface area contributed by atoms with Gasteiger partial charge in [-0.15, -0.1) is 0 Å². The van der Waals surface area contributed by atoms with Crippen LogP contribution < -0.4 is 10.5 Å². The van der Waals surface area contributed by atoms with Crippen LogP contribution in [0, 0.1) is 5.92 Å². The summed E-state index contributed by atoms with van der Waals surface area (Å²) in [4.78, 5) is 13.4. The first-order chi connectivity index (χ1) is 9.85. The van der Waals surface area contributed by atoms with E-state index in [0.717, 1.165) is 12.8 Å². The Morgan fingerprint density at radius 3 is 2.62 bits per heavy atom. The number of amides is 1. The molecule has 0 heterocycles. The molecule has 1 unspecified atom stereocenters. The van der Waals surface area contributed by atoms with E-state index in [1.807, 2.05) is 0 Å². The van der Waals surface area contributed by atoms with Crippen LogP contribution >= 0.6 is 0 Å². The van der Waals surface area contributed by atoms with E-state index in [0.29, 0.717) is 11.5 Å². The predicted octanol–water partition coefficient (Wildman–Crippen LogP) is 0.404. The van der Waals surface area contributed by atoms with E-state index in [1.54, 1.807) is 26.2 Å². The van der Waals surface area contributed by atoms with Crippen molar-refractivity contribution >= 4 is 15.9 Å². The van der Waals surface area contributed by atoms with E-state index in [-0.39, 0.29) is 23.4 Å². The largest absolute Gasteiger partial charge is 0.345 e. The van der Waals surface area contributed by atoms with Gasteiger partial charge in [-0.1, -0.05) is 6.07 Å². The van der Waals surface area contributed by atoms with Gasteiger partial charge in [-0.3, -0.25) is 4.79 Å². The van der Waals surface area contributed by atoms with E-state index in [2.05, 4.69) is 4.72 Å². The molecule has 1 saturated carbocycles. The van der Waals surface area contributed by atoms with Gasteiger partial charge < -0.3 is 10.6 Å². The minimum absolute atomic E-state index is 0.0919. The highest BCUT2D eigenvalue weighted by atomic mass is 32.2. The lowest BCUT2D eigenvalue weighted by atomic mass is 10.2. The molecule has 1 aromatic carbocycles. The van der Waals surface area contributed by atoms with Crippen LogP contribution in [-0.2, 0) is 10.0 Å². The fourth-order valence-corrected chi connectivity index (χ4v) is 3.52. The summed E-state index contributed by atoms with van der Waals surface area (Å²) in [6.45, 7) is 0.278. The van der Waals surface area contributed by atoms with E-state index in [1.165, 1.54) is 17.0 Å². The summed E-state index contributed by atoms with van der Waals surface area (Å²) in [5, 5.41) is 0. The molecular weight excluding hydrogens is 290 g/mol. The molecule has 1 amide bonds. The molecule has 0 bridgehead atoms. The lowest BCUT2D eigenvalue weighted by Gasteiger charge is -2.17. The van der Waals surface area contributed by atoms with Crippen molar-refractivity contribution in [1.82, 2.24) is 9.62 Å². The lowest BCUT2D eigenvalue weighted by molar-refractivity contribution is 0.0827. The summed E-state index contributed by atoms with van der Waals surface area (Å²) in [5.74, 6) is 0.0981. The lowest BCUT2D eigenvalue weighted by Crippen LogP contribution is -2.41. The van der Waals surface area contributed by atoms with Gasteiger partial charge in [0.1, 0.15) is 0 Å². The summed E-state index contributed by atoms with van der Waals surface area (Å²) in [5.41, 5.74) is 5.98. The molecule has 0 aliphatic heterocycles. The minimum Gasteiger partial charge on any atom is -0.345 e. The Bertz CT molecular complexity index is 624. The zero-order chi connectivity index (χ0) is 15.6. The maximum atomic E-state index is 12.4. The summed E-state index contributed by atoms with van der Waals surface area (Å²) < 4.78 is 27.4. The third-order valence-corrected chi connectivity index (χ3v) is 5.04. The highest BCUT2D eigenvalue weighted by Crippen LogP contribution is 2.32. The van der Waals surface area contributed by atoms with Crippen molar-refractivity contribution in [2.24, 2.45) is 11.7 Å². The Kier molecular flexibility index (Phi) is 4.65. The van der Waals surface area contributed by atoms with Gasteiger partial charge >= 0.3 is 0 Å². The molecule has 116 valence electrons. The van der Waals surface area contributed by atoms with Gasteiger partial charge in [-0.25, -0.2) is 13.1 Å². The first-order valence-electron chi connectivity index (χ1n) is 6.89. The van der Waals surface area contributed by atoms with Crippen molar-refractivity contribution in [1.29, 1.82) is 0 Å². The number of nitrogens with one attached hydrogen (secondary N) is 1. The number of carbonyl (C=O) groups is 1. The Morgan fingerprint density at radius 2 is 2.10 bits per heavy atom. The van der Waals surface area contributed by atoms with E-state index in [4.69, 9.17) is 5.73 Å². The highest BCUT2D eigenvalue weighted by molar-refractivity contribution is 7.89.